The zero-order chi connectivity index (χ0) is 18.7. The molecule has 1 aliphatic carbocycles. The summed E-state index contributed by atoms with van der Waals surface area (Å²) >= 11 is 0. The van der Waals surface area contributed by atoms with Gasteiger partial charge in [-0.15, -0.1) is 12.4 Å². The Kier molecular flexibility index (Phi) is 7.22. The van der Waals surface area contributed by atoms with Gasteiger partial charge in [0, 0.05) is 11.6 Å². The number of nitrogens with one attached hydrogen (secondary N) is 1. The molecule has 0 aromatic heterocycles. The lowest BCUT2D eigenvalue weighted by Gasteiger charge is -2.21. The van der Waals surface area contributed by atoms with E-state index in [1.807, 2.05) is 6.07 Å². The van der Waals surface area contributed by atoms with E-state index in [-0.39, 0.29) is 18.4 Å². The first-order chi connectivity index (χ1) is 12.7. The van der Waals surface area contributed by atoms with Crippen molar-refractivity contribution in [2.75, 3.05) is 35.0 Å². The minimum Gasteiger partial charge on any atom is -0.497 e. The van der Waals surface area contributed by atoms with Crippen LogP contribution in [0.2, 0.25) is 0 Å². The topological polar surface area (TPSA) is 49.0 Å². The van der Waals surface area contributed by atoms with E-state index < -0.39 is 0 Å². The number of aryl methyl sites for hydroxylation is 1. The fraction of sp³-hybridized carbons (Fsp3) is 0.429. The lowest BCUT2D eigenvalue weighted by molar-refractivity contribution is 0.324. The molecule has 0 amide bonds. The Bertz CT molecular complexity index is 794. The van der Waals surface area contributed by atoms with Crippen molar-refractivity contribution in [3.05, 3.63) is 35.4 Å². The molecule has 5 nitrogen and oxygen atoms in total. The molecule has 0 unspecified atom stereocenters. The van der Waals surface area contributed by atoms with Crippen molar-refractivity contribution in [3.63, 3.8) is 0 Å². The molecule has 1 atom stereocenters. The third-order valence-corrected chi connectivity index (χ3v) is 4.97. The van der Waals surface area contributed by atoms with Crippen LogP contribution in [0.4, 0.5) is 0 Å². The number of rotatable bonds is 6. The summed E-state index contributed by atoms with van der Waals surface area (Å²) in [5.41, 5.74) is 4.63. The smallest absolute Gasteiger partial charge is 0.203 e. The highest BCUT2D eigenvalue weighted by atomic mass is 35.5. The summed E-state index contributed by atoms with van der Waals surface area (Å²) in [7, 11) is 6.66. The van der Waals surface area contributed by atoms with E-state index in [4.69, 9.17) is 18.9 Å². The third-order valence-electron chi connectivity index (χ3n) is 4.97. The van der Waals surface area contributed by atoms with E-state index in [1.54, 1.807) is 28.4 Å². The van der Waals surface area contributed by atoms with Crippen LogP contribution in [0.5, 0.6) is 23.0 Å². The molecule has 27 heavy (non-hydrogen) atoms. The second kappa shape index (κ2) is 9.20. The monoisotopic (exact) mass is 393 g/mol. The Labute approximate surface area is 167 Å². The highest BCUT2D eigenvalue weighted by Crippen LogP contribution is 2.50. The molecule has 3 rings (SSSR count). The Morgan fingerprint density at radius 1 is 0.963 bits per heavy atom. The molecule has 0 fully saturated rings. The number of hydrogen-bond donors (Lipinski definition) is 1. The van der Waals surface area contributed by atoms with Gasteiger partial charge in [0.15, 0.2) is 11.5 Å². The van der Waals surface area contributed by atoms with Crippen molar-refractivity contribution in [2.24, 2.45) is 0 Å². The Morgan fingerprint density at radius 2 is 1.70 bits per heavy atom. The maximum Gasteiger partial charge on any atom is 0.203 e. The number of benzene rings is 2. The summed E-state index contributed by atoms with van der Waals surface area (Å²) < 4.78 is 22.4. The van der Waals surface area contributed by atoms with E-state index in [1.165, 1.54) is 11.1 Å². The van der Waals surface area contributed by atoms with E-state index in [2.05, 4.69) is 30.4 Å². The molecule has 0 saturated heterocycles. The van der Waals surface area contributed by atoms with E-state index >= 15 is 0 Å². The molecule has 0 aliphatic heterocycles. The normalized spacial score (nSPS) is 14.9. The van der Waals surface area contributed by atoms with Crippen molar-refractivity contribution in [1.29, 1.82) is 0 Å². The zero-order valence-electron chi connectivity index (χ0n) is 16.5. The molecule has 6 heteroatoms. The molecule has 0 bridgehead atoms. The van der Waals surface area contributed by atoms with Crippen molar-refractivity contribution in [1.82, 2.24) is 5.32 Å². The zero-order valence-corrected chi connectivity index (χ0v) is 17.4. The summed E-state index contributed by atoms with van der Waals surface area (Å²) in [5, 5.41) is 3.60. The predicted molar refractivity (Wildman–Crippen MR) is 110 cm³/mol. The molecule has 0 spiro atoms. The van der Waals surface area contributed by atoms with Crippen molar-refractivity contribution in [2.45, 2.75) is 25.8 Å². The lowest BCUT2D eigenvalue weighted by atomic mass is 9.93. The average molecular weight is 394 g/mol. The highest BCUT2D eigenvalue weighted by Gasteiger charge is 2.28. The molecule has 148 valence electrons. The van der Waals surface area contributed by atoms with Crippen LogP contribution in [-0.4, -0.2) is 35.0 Å². The Morgan fingerprint density at radius 3 is 2.30 bits per heavy atom. The SMILES string of the molecule is CCN[C@H]1CCc2cc(OC)c(OC)c(OC)c2-c2ccc(OC)cc21.Cl. The van der Waals surface area contributed by atoms with Crippen LogP contribution in [0.15, 0.2) is 24.3 Å². The average Bonchev–Trinajstić information content (AvgIpc) is 2.83. The van der Waals surface area contributed by atoms with Crippen LogP contribution < -0.4 is 24.3 Å². The molecule has 1 N–H and O–H groups in total. The van der Waals surface area contributed by atoms with Gasteiger partial charge in [0.25, 0.3) is 0 Å². The van der Waals surface area contributed by atoms with Gasteiger partial charge in [0.05, 0.1) is 28.4 Å². The van der Waals surface area contributed by atoms with E-state index in [9.17, 15) is 0 Å². The third kappa shape index (κ3) is 3.80. The summed E-state index contributed by atoms with van der Waals surface area (Å²) in [6, 6.07) is 8.54. The maximum atomic E-state index is 5.78. The lowest BCUT2D eigenvalue weighted by Crippen LogP contribution is -2.21. The molecule has 1 aliphatic rings. The summed E-state index contributed by atoms with van der Waals surface area (Å²) in [6.45, 7) is 3.03. The van der Waals surface area contributed by atoms with Crippen LogP contribution in [0.25, 0.3) is 11.1 Å². The van der Waals surface area contributed by atoms with Crippen LogP contribution in [0, 0.1) is 0 Å². The van der Waals surface area contributed by atoms with Crippen molar-refractivity contribution in [3.8, 4) is 34.1 Å². The molecule has 2 aromatic carbocycles. The number of halogens is 1. The van der Waals surface area contributed by atoms with Crippen molar-refractivity contribution < 1.29 is 18.9 Å². The number of fused-ring (bicyclic) bond motifs is 3. The first-order valence-corrected chi connectivity index (χ1v) is 8.91. The van der Waals surface area contributed by atoms with Gasteiger partial charge in [0.1, 0.15) is 5.75 Å². The largest absolute Gasteiger partial charge is 0.497 e. The molecular formula is C21H28ClNO4. The van der Waals surface area contributed by atoms with Gasteiger partial charge in [-0.25, -0.2) is 0 Å². The van der Waals surface area contributed by atoms with Crippen LogP contribution in [-0.2, 0) is 6.42 Å². The van der Waals surface area contributed by atoms with Gasteiger partial charge < -0.3 is 24.3 Å². The summed E-state index contributed by atoms with van der Waals surface area (Å²) in [6.07, 6.45) is 1.90. The second-order valence-corrected chi connectivity index (χ2v) is 6.28. The number of hydrogen-bond acceptors (Lipinski definition) is 5. The highest BCUT2D eigenvalue weighted by molar-refractivity contribution is 5.85. The number of methoxy groups -OCH3 is 4. The fourth-order valence-corrected chi connectivity index (χ4v) is 3.80. The minimum absolute atomic E-state index is 0. The standard InChI is InChI=1S/C21H27NO4.ClH/c1-6-22-17-10-7-13-11-18(24-3)20(25-4)21(26-5)19(13)15-9-8-14(23-2)12-16(15)17;/h8-9,11-12,17,22H,6-7,10H2,1-5H3;1H/t17-;/m0./s1. The molecule has 0 radical (unpaired) electrons. The first kappa shape index (κ1) is 21.2. The maximum absolute atomic E-state index is 5.78. The first-order valence-electron chi connectivity index (χ1n) is 8.91. The van der Waals surface area contributed by atoms with Gasteiger partial charge in [0.2, 0.25) is 5.75 Å². The van der Waals surface area contributed by atoms with Gasteiger partial charge in [-0.05, 0) is 54.3 Å². The summed E-state index contributed by atoms with van der Waals surface area (Å²) in [5.74, 6) is 2.89. The van der Waals surface area contributed by atoms with Gasteiger partial charge in [-0.1, -0.05) is 13.0 Å². The van der Waals surface area contributed by atoms with Gasteiger partial charge in [-0.2, -0.15) is 0 Å². The quantitative estimate of drug-likeness (QED) is 0.787. The van der Waals surface area contributed by atoms with Gasteiger partial charge >= 0.3 is 0 Å². The second-order valence-electron chi connectivity index (χ2n) is 6.28. The molecule has 0 saturated carbocycles. The minimum atomic E-state index is 0. The molecule has 2 aromatic rings. The molecular weight excluding hydrogens is 366 g/mol. The van der Waals surface area contributed by atoms with E-state index in [0.717, 1.165) is 36.3 Å². The summed E-state index contributed by atoms with van der Waals surface area (Å²) in [4.78, 5) is 0. The molecule has 0 heterocycles. The fourth-order valence-electron chi connectivity index (χ4n) is 3.80. The van der Waals surface area contributed by atoms with Gasteiger partial charge in [-0.3, -0.25) is 0 Å². The van der Waals surface area contributed by atoms with Crippen LogP contribution in [0.3, 0.4) is 0 Å². The van der Waals surface area contributed by atoms with Crippen molar-refractivity contribution >= 4 is 12.4 Å². The Hall–Kier alpha value is -2.11. The predicted octanol–water partition coefficient (Wildman–Crippen LogP) is 4.41. The Balaban J connectivity index is 0.00000261. The van der Waals surface area contributed by atoms with Crippen LogP contribution in [0.1, 0.15) is 30.5 Å². The number of ether oxygens (including phenoxy) is 4. The van der Waals surface area contributed by atoms with Crippen LogP contribution >= 0.6 is 12.4 Å². The van der Waals surface area contributed by atoms with E-state index in [0.29, 0.717) is 17.2 Å².